The van der Waals surface area contributed by atoms with E-state index < -0.39 is 27.8 Å². The Morgan fingerprint density at radius 3 is 2.34 bits per heavy atom. The van der Waals surface area contributed by atoms with Crippen LogP contribution in [0.15, 0.2) is 58.1 Å². The normalized spacial score (nSPS) is 16.9. The summed E-state index contributed by atoms with van der Waals surface area (Å²) in [6.07, 6.45) is -0.843. The van der Waals surface area contributed by atoms with Crippen molar-refractivity contribution in [2.45, 2.75) is 32.4 Å². The fraction of sp³-hybridized carbons (Fsp3) is 0.308. The van der Waals surface area contributed by atoms with Gasteiger partial charge >= 0.3 is 5.69 Å². The molecule has 4 aromatic rings. The van der Waals surface area contributed by atoms with Gasteiger partial charge in [-0.3, -0.25) is 24.0 Å². The number of para-hydroxylation sites is 1. The maximum Gasteiger partial charge on any atom is 0.331 e. The maximum atomic E-state index is 13.6. The average molecular weight is 475 g/mol. The van der Waals surface area contributed by atoms with Gasteiger partial charge in [-0.05, 0) is 32.4 Å². The SMILES string of the molecule is Cc1ccc(-c2c3c(=O)n(C)c(=O)n(C)c3c3n2C(C)(C)CO[C@@H]3c2ccccc2[N+](=O)[O-])cc1. The molecule has 0 amide bonds. The molecule has 0 N–H and O–H groups in total. The van der Waals surface area contributed by atoms with Crippen LogP contribution in [0.3, 0.4) is 0 Å². The minimum atomic E-state index is -0.843. The average Bonchev–Trinajstić information content (AvgIpc) is 3.19. The minimum Gasteiger partial charge on any atom is -0.364 e. The Balaban J connectivity index is 2.02. The van der Waals surface area contributed by atoms with Crippen LogP contribution in [0.4, 0.5) is 5.69 Å². The Morgan fingerprint density at radius 2 is 1.69 bits per heavy atom. The Morgan fingerprint density at radius 1 is 1.03 bits per heavy atom. The highest BCUT2D eigenvalue weighted by molar-refractivity contribution is 5.97. The monoisotopic (exact) mass is 474 g/mol. The zero-order valence-electron chi connectivity index (χ0n) is 20.2. The van der Waals surface area contributed by atoms with Crippen molar-refractivity contribution in [2.24, 2.45) is 14.1 Å². The van der Waals surface area contributed by atoms with Gasteiger partial charge in [0.2, 0.25) is 0 Å². The molecule has 1 atom stereocenters. The molecule has 2 aromatic heterocycles. The number of fused-ring (bicyclic) bond motifs is 3. The number of aromatic nitrogens is 3. The molecular weight excluding hydrogens is 448 g/mol. The third-order valence-corrected chi connectivity index (χ3v) is 6.81. The molecule has 1 aliphatic heterocycles. The summed E-state index contributed by atoms with van der Waals surface area (Å²) < 4.78 is 10.9. The van der Waals surface area contributed by atoms with Gasteiger partial charge in [0.05, 0.1) is 44.9 Å². The summed E-state index contributed by atoms with van der Waals surface area (Å²) in [6, 6.07) is 14.3. The molecule has 0 unspecified atom stereocenters. The van der Waals surface area contributed by atoms with Crippen LogP contribution in [0.2, 0.25) is 0 Å². The summed E-state index contributed by atoms with van der Waals surface area (Å²) in [5.74, 6) is 0. The third kappa shape index (κ3) is 3.26. The second-order valence-electron chi connectivity index (χ2n) is 9.68. The number of nitro benzene ring substituents is 1. The van der Waals surface area contributed by atoms with E-state index in [1.165, 1.54) is 17.7 Å². The zero-order valence-corrected chi connectivity index (χ0v) is 20.2. The fourth-order valence-corrected chi connectivity index (χ4v) is 5.09. The first-order valence-electron chi connectivity index (χ1n) is 11.3. The molecule has 0 bridgehead atoms. The molecule has 9 heteroatoms. The first kappa shape index (κ1) is 22.8. The molecule has 0 saturated carbocycles. The van der Waals surface area contributed by atoms with Gasteiger partial charge in [-0.25, -0.2) is 4.79 Å². The molecule has 3 heterocycles. The van der Waals surface area contributed by atoms with E-state index in [9.17, 15) is 19.7 Å². The van der Waals surface area contributed by atoms with Gasteiger partial charge in [-0.2, -0.15) is 0 Å². The number of aryl methyl sites for hydroxylation is 2. The zero-order chi connectivity index (χ0) is 25.2. The maximum absolute atomic E-state index is 13.6. The molecule has 35 heavy (non-hydrogen) atoms. The van der Waals surface area contributed by atoms with Crippen molar-refractivity contribution in [3.8, 4) is 11.3 Å². The quantitative estimate of drug-likeness (QED) is 0.332. The van der Waals surface area contributed by atoms with Crippen molar-refractivity contribution < 1.29 is 9.66 Å². The number of nitrogens with zero attached hydrogens (tertiary/aromatic N) is 4. The lowest BCUT2D eigenvalue weighted by Gasteiger charge is -2.39. The molecule has 0 fully saturated rings. The molecule has 0 aliphatic carbocycles. The molecule has 2 aromatic carbocycles. The lowest BCUT2D eigenvalue weighted by molar-refractivity contribution is -0.386. The van der Waals surface area contributed by atoms with Gasteiger partial charge in [-0.1, -0.05) is 42.0 Å². The van der Waals surface area contributed by atoms with Gasteiger partial charge in [-0.15, -0.1) is 0 Å². The van der Waals surface area contributed by atoms with E-state index in [0.29, 0.717) is 27.9 Å². The topological polar surface area (TPSA) is 101 Å². The third-order valence-electron chi connectivity index (χ3n) is 6.81. The number of rotatable bonds is 3. The van der Waals surface area contributed by atoms with E-state index in [0.717, 1.165) is 15.7 Å². The Bertz CT molecular complexity index is 1620. The summed E-state index contributed by atoms with van der Waals surface area (Å²) in [4.78, 5) is 38.1. The lowest BCUT2D eigenvalue weighted by Crippen LogP contribution is -2.40. The van der Waals surface area contributed by atoms with E-state index in [4.69, 9.17) is 4.74 Å². The number of benzene rings is 2. The Labute approximate surface area is 201 Å². The minimum absolute atomic E-state index is 0.0798. The summed E-state index contributed by atoms with van der Waals surface area (Å²) in [6.45, 7) is 6.22. The molecular formula is C26H26N4O5. The summed E-state index contributed by atoms with van der Waals surface area (Å²) >= 11 is 0. The van der Waals surface area contributed by atoms with Crippen molar-refractivity contribution in [1.29, 1.82) is 0 Å². The van der Waals surface area contributed by atoms with Gasteiger partial charge < -0.3 is 9.30 Å². The van der Waals surface area contributed by atoms with E-state index >= 15 is 0 Å². The predicted octanol–water partition coefficient (Wildman–Crippen LogP) is 3.78. The van der Waals surface area contributed by atoms with Crippen LogP contribution >= 0.6 is 0 Å². The Kier molecular flexibility index (Phi) is 5.06. The van der Waals surface area contributed by atoms with Crippen LogP contribution < -0.4 is 11.2 Å². The second-order valence-corrected chi connectivity index (χ2v) is 9.68. The number of hydrogen-bond acceptors (Lipinski definition) is 5. The van der Waals surface area contributed by atoms with Crippen molar-refractivity contribution in [1.82, 2.24) is 13.7 Å². The van der Waals surface area contributed by atoms with Crippen molar-refractivity contribution in [3.05, 3.63) is 96.3 Å². The lowest BCUT2D eigenvalue weighted by atomic mass is 9.97. The van der Waals surface area contributed by atoms with E-state index in [1.54, 1.807) is 25.2 Å². The van der Waals surface area contributed by atoms with Gasteiger partial charge in [0.1, 0.15) is 6.10 Å². The standard InChI is InChI=1S/C26H26N4O5/c1-15-10-12-16(13-11-15)20-19-21(27(4)25(32)28(5)24(19)31)22-23(35-14-26(2,3)29(20)22)17-8-6-7-9-18(17)30(33)34/h6-13,23H,14H2,1-5H3/t23-/m1/s1. The van der Waals surface area contributed by atoms with E-state index in [1.807, 2.05) is 49.6 Å². The molecule has 0 spiro atoms. The molecule has 1 aliphatic rings. The Hall–Kier alpha value is -3.98. The van der Waals surface area contributed by atoms with Gasteiger partial charge in [0.15, 0.2) is 0 Å². The number of nitro groups is 1. The highest BCUT2D eigenvalue weighted by atomic mass is 16.6. The fourth-order valence-electron chi connectivity index (χ4n) is 5.09. The predicted molar refractivity (Wildman–Crippen MR) is 133 cm³/mol. The number of ether oxygens (including phenoxy) is 1. The molecule has 180 valence electrons. The van der Waals surface area contributed by atoms with Crippen molar-refractivity contribution >= 4 is 16.6 Å². The molecule has 0 saturated heterocycles. The first-order valence-corrected chi connectivity index (χ1v) is 11.3. The highest BCUT2D eigenvalue weighted by Crippen LogP contribution is 2.46. The smallest absolute Gasteiger partial charge is 0.331 e. The second kappa shape index (κ2) is 7.78. The van der Waals surface area contributed by atoms with Crippen molar-refractivity contribution in [2.75, 3.05) is 6.61 Å². The summed E-state index contributed by atoms with van der Waals surface area (Å²) in [5, 5.41) is 12.3. The number of hydrogen-bond donors (Lipinski definition) is 0. The highest BCUT2D eigenvalue weighted by Gasteiger charge is 2.42. The van der Waals surface area contributed by atoms with Crippen molar-refractivity contribution in [3.63, 3.8) is 0 Å². The van der Waals surface area contributed by atoms with Crippen LogP contribution in [0.5, 0.6) is 0 Å². The first-order chi connectivity index (χ1) is 16.5. The van der Waals surface area contributed by atoms with Gasteiger partial charge in [0, 0.05) is 20.2 Å². The van der Waals surface area contributed by atoms with E-state index in [-0.39, 0.29) is 12.3 Å². The van der Waals surface area contributed by atoms with E-state index in [2.05, 4.69) is 0 Å². The summed E-state index contributed by atoms with van der Waals surface area (Å²) in [7, 11) is 3.07. The van der Waals surface area contributed by atoms with Crippen LogP contribution in [0.1, 0.15) is 36.8 Å². The molecule has 0 radical (unpaired) electrons. The summed E-state index contributed by atoms with van der Waals surface area (Å²) in [5.41, 5.74) is 2.33. The largest absolute Gasteiger partial charge is 0.364 e. The van der Waals surface area contributed by atoms with Crippen LogP contribution in [0.25, 0.3) is 22.2 Å². The van der Waals surface area contributed by atoms with Crippen LogP contribution in [-0.2, 0) is 24.4 Å². The molecule has 5 rings (SSSR count). The van der Waals surface area contributed by atoms with Crippen LogP contribution in [-0.4, -0.2) is 25.2 Å². The van der Waals surface area contributed by atoms with Crippen LogP contribution in [0, 0.1) is 17.0 Å². The van der Waals surface area contributed by atoms with Gasteiger partial charge in [0.25, 0.3) is 11.2 Å². The molecule has 9 nitrogen and oxygen atoms in total.